The molecule has 7 nitrogen and oxygen atoms in total. The summed E-state index contributed by atoms with van der Waals surface area (Å²) in [7, 11) is 0. The van der Waals surface area contributed by atoms with E-state index in [0.29, 0.717) is 18.1 Å². The Labute approximate surface area is 168 Å². The van der Waals surface area contributed by atoms with Crippen LogP contribution in [0.1, 0.15) is 64.7 Å². The van der Waals surface area contributed by atoms with Gasteiger partial charge in [0, 0.05) is 18.9 Å². The van der Waals surface area contributed by atoms with E-state index < -0.39 is 12.1 Å². The third kappa shape index (κ3) is 5.02. The molecule has 4 aliphatic rings. The normalized spacial score (nSPS) is 32.1. The Hall–Kier alpha value is -1.84. The number of nitrogens with two attached hydrogens (primary N) is 1. The van der Waals surface area contributed by atoms with Crippen molar-refractivity contribution in [1.82, 2.24) is 10.2 Å². The number of carbonyl (C=O) groups excluding carboxylic acids is 2. The fourth-order valence-electron chi connectivity index (χ4n) is 4.74. The molecular weight excluding hydrogens is 389 g/mol. The fourth-order valence-corrected chi connectivity index (χ4v) is 4.74. The van der Waals surface area contributed by atoms with Crippen molar-refractivity contribution < 1.29 is 33.2 Å². The number of hydrogen-bond donors (Lipinski definition) is 2. The zero-order valence-electron chi connectivity index (χ0n) is 16.6. The first-order valence-electron chi connectivity index (χ1n) is 10.4. The molecule has 0 aromatic rings. The molecule has 0 aromatic heterocycles. The number of urea groups is 1. The lowest BCUT2D eigenvalue weighted by molar-refractivity contribution is -0.696. The van der Waals surface area contributed by atoms with Gasteiger partial charge in [0.2, 0.25) is 0 Å². The van der Waals surface area contributed by atoms with Crippen LogP contribution in [-0.2, 0) is 4.79 Å². The Balaban J connectivity index is 0.000000298. The van der Waals surface area contributed by atoms with E-state index in [4.69, 9.17) is 14.9 Å². The lowest BCUT2D eigenvalue weighted by Crippen LogP contribution is -2.93. The van der Waals surface area contributed by atoms with Crippen LogP contribution in [0, 0.1) is 0 Å². The highest BCUT2D eigenvalue weighted by Crippen LogP contribution is 2.41. The molecule has 2 aliphatic heterocycles. The minimum atomic E-state index is -5.19. The summed E-state index contributed by atoms with van der Waals surface area (Å²) in [6.07, 6.45) is 5.57. The first-order valence-corrected chi connectivity index (χ1v) is 10.4. The van der Waals surface area contributed by atoms with E-state index in [9.17, 15) is 18.0 Å². The Morgan fingerprint density at radius 3 is 2.38 bits per heavy atom. The maximum absolute atomic E-state index is 12.6. The van der Waals surface area contributed by atoms with E-state index >= 15 is 0 Å². The fraction of sp³-hybridized carbons (Fsp3) is 0.842. The molecule has 2 heterocycles. The van der Waals surface area contributed by atoms with Gasteiger partial charge in [-0.05, 0) is 32.6 Å². The first-order chi connectivity index (χ1) is 13.6. The SMILES string of the molecule is CC1CC2(CC[NH2+]1)C(=NC1CCCCC1)NC(=O)N2C1CC1.O=C([O-])C(F)(F)F. The largest absolute Gasteiger partial charge is 0.542 e. The number of nitrogens with one attached hydrogen (secondary N) is 1. The quantitative estimate of drug-likeness (QED) is 0.690. The van der Waals surface area contributed by atoms with Crippen molar-refractivity contribution in [2.45, 2.75) is 94.6 Å². The second-order valence-corrected chi connectivity index (χ2v) is 8.57. The zero-order chi connectivity index (χ0) is 21.2. The van der Waals surface area contributed by atoms with Gasteiger partial charge in [0.05, 0.1) is 18.6 Å². The van der Waals surface area contributed by atoms with Crippen molar-refractivity contribution in [3.63, 3.8) is 0 Å². The Morgan fingerprint density at radius 1 is 1.24 bits per heavy atom. The van der Waals surface area contributed by atoms with Crippen molar-refractivity contribution in [1.29, 1.82) is 0 Å². The number of quaternary nitrogens is 1. The van der Waals surface area contributed by atoms with Crippen LogP contribution in [0.25, 0.3) is 0 Å². The van der Waals surface area contributed by atoms with Crippen LogP contribution in [0.3, 0.4) is 0 Å². The lowest BCUT2D eigenvalue weighted by atomic mass is 9.82. The number of nitrogens with zero attached hydrogens (tertiary/aromatic N) is 2. The number of carboxylic acid groups (broad SMARTS) is 1. The molecule has 2 unspecified atom stereocenters. The molecule has 10 heteroatoms. The number of carboxylic acids is 1. The number of piperidine rings is 1. The number of carbonyl (C=O) groups is 2. The average molecular weight is 418 g/mol. The number of amides is 2. The molecule has 164 valence electrons. The number of aliphatic imine (C=N–C) groups is 1. The third-order valence-corrected chi connectivity index (χ3v) is 6.16. The van der Waals surface area contributed by atoms with Gasteiger partial charge < -0.3 is 20.1 Å². The van der Waals surface area contributed by atoms with Crippen molar-refractivity contribution in [2.75, 3.05) is 6.54 Å². The first kappa shape index (κ1) is 21.9. The highest BCUT2D eigenvalue weighted by atomic mass is 19.4. The van der Waals surface area contributed by atoms with Crippen LogP contribution in [0.5, 0.6) is 0 Å². The molecule has 0 radical (unpaired) electrons. The number of amidine groups is 1. The molecular formula is C19H29F3N4O3. The van der Waals surface area contributed by atoms with Crippen LogP contribution < -0.4 is 15.7 Å². The van der Waals surface area contributed by atoms with E-state index in [-0.39, 0.29) is 11.6 Å². The van der Waals surface area contributed by atoms with Crippen LogP contribution in [0.15, 0.2) is 4.99 Å². The Bertz CT molecular complexity index is 660. The average Bonchev–Trinajstić information content (AvgIpc) is 3.43. The van der Waals surface area contributed by atoms with Crippen LogP contribution in [-0.4, -0.2) is 59.1 Å². The smallest absolute Gasteiger partial charge is 0.430 e. The second kappa shape index (κ2) is 8.49. The van der Waals surface area contributed by atoms with Crippen molar-refractivity contribution >= 4 is 17.8 Å². The minimum Gasteiger partial charge on any atom is -0.542 e. The summed E-state index contributed by atoms with van der Waals surface area (Å²) in [6, 6.07) is 1.58. The van der Waals surface area contributed by atoms with E-state index in [1.54, 1.807) is 0 Å². The standard InChI is InChI=1S/C17H28N4O.C2HF3O2/c1-12-11-17(9-10-18-12)15(19-13-5-3-2-4-6-13)20-16(22)21(17)14-7-8-14;3-2(4,5)1(6)7/h12-14,18H,2-11H2,1H3,(H,19,20,22);(H,6,7). The van der Waals surface area contributed by atoms with Crippen molar-refractivity contribution in [3.05, 3.63) is 0 Å². The summed E-state index contributed by atoms with van der Waals surface area (Å²) in [6.45, 7) is 3.38. The summed E-state index contributed by atoms with van der Waals surface area (Å²) in [4.78, 5) is 28.7. The molecule has 0 aromatic carbocycles. The maximum Gasteiger partial charge on any atom is 0.430 e. The molecule has 0 bridgehead atoms. The summed E-state index contributed by atoms with van der Waals surface area (Å²) >= 11 is 0. The highest BCUT2D eigenvalue weighted by Gasteiger charge is 2.58. The molecule has 1 spiro atoms. The van der Waals surface area contributed by atoms with E-state index in [2.05, 4.69) is 22.5 Å². The van der Waals surface area contributed by atoms with Gasteiger partial charge in [-0.1, -0.05) is 19.3 Å². The lowest BCUT2D eigenvalue weighted by Gasteiger charge is -2.41. The minimum absolute atomic E-state index is 0.117. The molecule has 2 atom stereocenters. The highest BCUT2D eigenvalue weighted by molar-refractivity contribution is 6.10. The van der Waals surface area contributed by atoms with Crippen LogP contribution in [0.2, 0.25) is 0 Å². The van der Waals surface area contributed by atoms with Crippen LogP contribution in [0.4, 0.5) is 18.0 Å². The van der Waals surface area contributed by atoms with Gasteiger partial charge in [-0.25, -0.2) is 4.79 Å². The maximum atomic E-state index is 12.6. The number of hydrogen-bond acceptors (Lipinski definition) is 4. The van der Waals surface area contributed by atoms with Gasteiger partial charge in [0.25, 0.3) is 0 Å². The zero-order valence-corrected chi connectivity index (χ0v) is 16.6. The predicted molar refractivity (Wildman–Crippen MR) is 97.0 cm³/mol. The van der Waals surface area contributed by atoms with Crippen LogP contribution >= 0.6 is 0 Å². The molecule has 4 rings (SSSR count). The summed E-state index contributed by atoms with van der Waals surface area (Å²) in [5, 5.41) is 14.4. The summed E-state index contributed by atoms with van der Waals surface area (Å²) in [5.74, 6) is -2.00. The number of aliphatic carboxylic acids is 1. The molecule has 29 heavy (non-hydrogen) atoms. The van der Waals surface area contributed by atoms with Crippen molar-refractivity contribution in [3.8, 4) is 0 Å². The Kier molecular flexibility index (Phi) is 6.40. The topological polar surface area (TPSA) is 101 Å². The third-order valence-electron chi connectivity index (χ3n) is 6.16. The molecule has 2 saturated heterocycles. The van der Waals surface area contributed by atoms with E-state index in [0.717, 1.165) is 25.2 Å². The van der Waals surface area contributed by atoms with Gasteiger partial charge in [-0.15, -0.1) is 0 Å². The van der Waals surface area contributed by atoms with Gasteiger partial charge in [-0.3, -0.25) is 10.3 Å². The van der Waals surface area contributed by atoms with Gasteiger partial charge in [0.1, 0.15) is 17.3 Å². The molecule has 3 N–H and O–H groups in total. The second-order valence-electron chi connectivity index (χ2n) is 8.57. The van der Waals surface area contributed by atoms with Gasteiger partial charge >= 0.3 is 12.2 Å². The number of alkyl halides is 3. The number of halogens is 3. The summed E-state index contributed by atoms with van der Waals surface area (Å²) in [5.41, 5.74) is -0.121. The number of rotatable bonds is 2. The molecule has 2 saturated carbocycles. The van der Waals surface area contributed by atoms with Gasteiger partial charge in [-0.2, -0.15) is 13.2 Å². The molecule has 2 aliphatic carbocycles. The Morgan fingerprint density at radius 2 is 1.86 bits per heavy atom. The van der Waals surface area contributed by atoms with Crippen molar-refractivity contribution in [2.24, 2.45) is 4.99 Å². The van der Waals surface area contributed by atoms with Gasteiger partial charge in [0.15, 0.2) is 0 Å². The summed E-state index contributed by atoms with van der Waals surface area (Å²) < 4.78 is 31.5. The molecule has 4 fully saturated rings. The molecule has 2 amide bonds. The van der Waals surface area contributed by atoms with E-state index in [1.165, 1.54) is 44.9 Å². The van der Waals surface area contributed by atoms with E-state index in [1.807, 2.05) is 0 Å². The predicted octanol–water partition coefficient (Wildman–Crippen LogP) is 0.688. The monoisotopic (exact) mass is 418 g/mol.